The molecule has 1 saturated carbocycles. The van der Waals surface area contributed by atoms with Crippen molar-refractivity contribution >= 4 is 17.5 Å². The van der Waals surface area contributed by atoms with E-state index in [9.17, 15) is 13.2 Å². The minimum absolute atomic E-state index is 0.452. The Balaban J connectivity index is 0.000000279. The largest absolute Gasteiger partial charge is 0.497 e. The standard InChI is InChI=1S/C16H21N3O2.C2HF3O2/c1-16(2)19(10-5-4-6-11(7-10)20-3)15(18-21-16)14-12-8-17-9-13(12)14;3-2(4,5)1(6)7/h4-7,12-14,17H,8-9H2,1-3H3;(H,6,7)/t12-,13+,14?;. The number of rotatable bonds is 3. The van der Waals surface area contributed by atoms with Crippen LogP contribution in [0, 0.1) is 17.8 Å². The Morgan fingerprint density at radius 2 is 1.96 bits per heavy atom. The summed E-state index contributed by atoms with van der Waals surface area (Å²) in [4.78, 5) is 16.8. The molecule has 7 nitrogen and oxygen atoms in total. The van der Waals surface area contributed by atoms with E-state index in [-0.39, 0.29) is 0 Å². The van der Waals surface area contributed by atoms with Crippen LogP contribution in [0.15, 0.2) is 29.4 Å². The van der Waals surface area contributed by atoms with Gasteiger partial charge in [0.15, 0.2) is 5.84 Å². The molecule has 2 fully saturated rings. The second-order valence-electron chi connectivity index (χ2n) is 7.34. The Kier molecular flexibility index (Phi) is 5.18. The number of carboxylic acids is 1. The molecule has 28 heavy (non-hydrogen) atoms. The summed E-state index contributed by atoms with van der Waals surface area (Å²) in [6.45, 7) is 6.31. The molecule has 0 bridgehead atoms. The number of carboxylic acid groups (broad SMARTS) is 1. The molecule has 1 aromatic carbocycles. The van der Waals surface area contributed by atoms with Crippen molar-refractivity contribution in [3.05, 3.63) is 24.3 Å². The molecule has 2 aliphatic heterocycles. The van der Waals surface area contributed by atoms with Crippen molar-refractivity contribution in [1.29, 1.82) is 0 Å². The predicted octanol–water partition coefficient (Wildman–Crippen LogP) is 2.68. The lowest BCUT2D eigenvalue weighted by atomic mass is 10.1. The zero-order valence-electron chi connectivity index (χ0n) is 15.7. The third-order valence-electron chi connectivity index (χ3n) is 5.07. The number of halogens is 3. The summed E-state index contributed by atoms with van der Waals surface area (Å²) in [7, 11) is 1.69. The third-order valence-corrected chi connectivity index (χ3v) is 5.07. The number of methoxy groups -OCH3 is 1. The van der Waals surface area contributed by atoms with Gasteiger partial charge in [-0.05, 0) is 50.9 Å². The first-order valence-corrected chi connectivity index (χ1v) is 8.77. The van der Waals surface area contributed by atoms with Crippen molar-refractivity contribution in [1.82, 2.24) is 5.32 Å². The van der Waals surface area contributed by atoms with Crippen molar-refractivity contribution in [2.24, 2.45) is 22.9 Å². The van der Waals surface area contributed by atoms with Crippen LogP contribution >= 0.6 is 0 Å². The van der Waals surface area contributed by atoms with E-state index < -0.39 is 17.9 Å². The van der Waals surface area contributed by atoms with E-state index >= 15 is 0 Å². The molecular weight excluding hydrogens is 379 g/mol. The number of anilines is 1. The van der Waals surface area contributed by atoms with E-state index in [0.717, 1.165) is 30.4 Å². The van der Waals surface area contributed by atoms with Gasteiger partial charge in [0.1, 0.15) is 5.75 Å². The number of aliphatic carboxylic acids is 1. The number of nitrogens with one attached hydrogen (secondary N) is 1. The number of alkyl halides is 3. The van der Waals surface area contributed by atoms with Gasteiger partial charge < -0.3 is 20.0 Å². The summed E-state index contributed by atoms with van der Waals surface area (Å²) in [5.74, 6) is 1.13. The number of piperidine rings is 1. The Hall–Kier alpha value is -2.49. The zero-order chi connectivity index (χ0) is 20.7. The number of oxime groups is 1. The zero-order valence-corrected chi connectivity index (χ0v) is 15.7. The number of fused-ring (bicyclic) bond motifs is 1. The molecule has 0 aromatic heterocycles. The number of benzene rings is 1. The molecular formula is C18H22F3N3O4. The fraction of sp³-hybridized carbons (Fsp3) is 0.556. The van der Waals surface area contributed by atoms with Gasteiger partial charge in [0, 0.05) is 17.7 Å². The van der Waals surface area contributed by atoms with Gasteiger partial charge in [-0.1, -0.05) is 11.2 Å². The maximum atomic E-state index is 10.6. The molecule has 10 heteroatoms. The third kappa shape index (κ3) is 3.87. The molecule has 2 N–H and O–H groups in total. The number of nitrogens with zero attached hydrogens (tertiary/aromatic N) is 2. The first-order valence-electron chi connectivity index (χ1n) is 8.77. The topological polar surface area (TPSA) is 83.4 Å². The van der Waals surface area contributed by atoms with Gasteiger partial charge in [-0.25, -0.2) is 4.79 Å². The van der Waals surface area contributed by atoms with E-state index in [4.69, 9.17) is 19.5 Å². The van der Waals surface area contributed by atoms with Crippen molar-refractivity contribution in [2.45, 2.75) is 25.7 Å². The Morgan fingerprint density at radius 1 is 1.36 bits per heavy atom. The summed E-state index contributed by atoms with van der Waals surface area (Å²) >= 11 is 0. The Morgan fingerprint density at radius 3 is 2.50 bits per heavy atom. The van der Waals surface area contributed by atoms with Gasteiger partial charge in [-0.15, -0.1) is 0 Å². The number of amidine groups is 1. The Labute approximate surface area is 160 Å². The summed E-state index contributed by atoms with van der Waals surface area (Å²) < 4.78 is 37.1. The number of ether oxygens (including phenoxy) is 1. The van der Waals surface area contributed by atoms with Crippen LogP contribution in [-0.4, -0.2) is 49.0 Å². The fourth-order valence-electron chi connectivity index (χ4n) is 3.72. The molecule has 1 unspecified atom stereocenters. The molecule has 1 aromatic rings. The average Bonchev–Trinajstić information content (AvgIpc) is 2.95. The van der Waals surface area contributed by atoms with Crippen LogP contribution in [0.5, 0.6) is 5.75 Å². The Bertz CT molecular complexity index is 772. The molecule has 3 aliphatic rings. The molecule has 3 atom stereocenters. The van der Waals surface area contributed by atoms with E-state index in [1.165, 1.54) is 0 Å². The van der Waals surface area contributed by atoms with Gasteiger partial charge in [0.05, 0.1) is 7.11 Å². The van der Waals surface area contributed by atoms with E-state index in [1.54, 1.807) is 7.11 Å². The highest BCUT2D eigenvalue weighted by Crippen LogP contribution is 2.52. The molecule has 0 radical (unpaired) electrons. The first-order chi connectivity index (χ1) is 13.1. The van der Waals surface area contributed by atoms with Gasteiger partial charge in [-0.3, -0.25) is 4.90 Å². The molecule has 1 saturated heterocycles. The monoisotopic (exact) mass is 401 g/mol. The molecule has 1 aliphatic carbocycles. The summed E-state index contributed by atoms with van der Waals surface area (Å²) in [6, 6.07) is 8.10. The minimum Gasteiger partial charge on any atom is -0.497 e. The molecule has 0 spiro atoms. The van der Waals surface area contributed by atoms with Crippen molar-refractivity contribution < 1.29 is 32.6 Å². The van der Waals surface area contributed by atoms with E-state index in [0.29, 0.717) is 17.8 Å². The molecule has 4 rings (SSSR count). The maximum Gasteiger partial charge on any atom is 0.490 e. The SMILES string of the molecule is COc1cccc(N2C(C3[C@H]4CNC[C@@H]34)=NOC2(C)C)c1.O=C(O)C(F)(F)F. The molecule has 0 amide bonds. The lowest BCUT2D eigenvalue weighted by Crippen LogP contribution is -2.45. The highest BCUT2D eigenvalue weighted by Gasteiger charge is 2.60. The predicted molar refractivity (Wildman–Crippen MR) is 95.1 cm³/mol. The summed E-state index contributed by atoms with van der Waals surface area (Å²) in [6.07, 6.45) is -5.08. The van der Waals surface area contributed by atoms with Crippen LogP contribution in [-0.2, 0) is 9.63 Å². The van der Waals surface area contributed by atoms with Crippen molar-refractivity contribution in [3.63, 3.8) is 0 Å². The minimum atomic E-state index is -5.08. The fourth-order valence-corrected chi connectivity index (χ4v) is 3.72. The lowest BCUT2D eigenvalue weighted by molar-refractivity contribution is -0.192. The van der Waals surface area contributed by atoms with Crippen molar-refractivity contribution in [2.75, 3.05) is 25.1 Å². The van der Waals surface area contributed by atoms with Gasteiger partial charge in [0.2, 0.25) is 5.72 Å². The smallest absolute Gasteiger partial charge is 0.490 e. The van der Waals surface area contributed by atoms with Crippen LogP contribution in [0.3, 0.4) is 0 Å². The number of hydrogen-bond donors (Lipinski definition) is 2. The summed E-state index contributed by atoms with van der Waals surface area (Å²) in [5.41, 5.74) is 0.625. The van der Waals surface area contributed by atoms with E-state index in [1.807, 2.05) is 18.2 Å². The van der Waals surface area contributed by atoms with Crippen LogP contribution in [0.1, 0.15) is 13.8 Å². The summed E-state index contributed by atoms with van der Waals surface area (Å²) in [5, 5.41) is 15.0. The normalized spacial score (nSPS) is 27.1. The van der Waals surface area contributed by atoms with Crippen LogP contribution in [0.2, 0.25) is 0 Å². The molecule has 154 valence electrons. The quantitative estimate of drug-likeness (QED) is 0.810. The number of carbonyl (C=O) groups is 1. The second kappa shape index (κ2) is 7.16. The van der Waals surface area contributed by atoms with Gasteiger partial charge in [-0.2, -0.15) is 13.2 Å². The van der Waals surface area contributed by atoms with Crippen LogP contribution in [0.4, 0.5) is 18.9 Å². The number of hydrogen-bond acceptors (Lipinski definition) is 6. The van der Waals surface area contributed by atoms with Crippen molar-refractivity contribution in [3.8, 4) is 5.75 Å². The van der Waals surface area contributed by atoms with E-state index in [2.05, 4.69) is 35.3 Å². The maximum absolute atomic E-state index is 10.6. The van der Waals surface area contributed by atoms with Gasteiger partial charge >= 0.3 is 12.1 Å². The van der Waals surface area contributed by atoms with Crippen LogP contribution < -0.4 is 15.0 Å². The highest BCUT2D eigenvalue weighted by atomic mass is 19.4. The highest BCUT2D eigenvalue weighted by molar-refractivity contribution is 6.03. The van der Waals surface area contributed by atoms with Crippen LogP contribution in [0.25, 0.3) is 0 Å². The van der Waals surface area contributed by atoms with Gasteiger partial charge in [0.25, 0.3) is 0 Å². The average molecular weight is 401 g/mol. The first kappa shape index (κ1) is 20.2. The second-order valence-corrected chi connectivity index (χ2v) is 7.34. The lowest BCUT2D eigenvalue weighted by Gasteiger charge is -2.32. The molecule has 2 heterocycles.